The lowest BCUT2D eigenvalue weighted by atomic mass is 9.61. The van der Waals surface area contributed by atoms with Crippen LogP contribution in [0.4, 0.5) is 0 Å². The summed E-state index contributed by atoms with van der Waals surface area (Å²) in [5.74, 6) is 0.646. The molecule has 1 heterocycles. The van der Waals surface area contributed by atoms with Gasteiger partial charge in [-0.2, -0.15) is 0 Å². The summed E-state index contributed by atoms with van der Waals surface area (Å²) in [6, 6.07) is 6.12. The highest BCUT2D eigenvalue weighted by molar-refractivity contribution is 6.42. The lowest BCUT2D eigenvalue weighted by Gasteiger charge is -2.44. The molecule has 1 aromatic rings. The van der Waals surface area contributed by atoms with Gasteiger partial charge in [-0.25, -0.2) is 0 Å². The van der Waals surface area contributed by atoms with Gasteiger partial charge in [-0.05, 0) is 74.7 Å². The zero-order valence-electron chi connectivity index (χ0n) is 12.5. The van der Waals surface area contributed by atoms with Gasteiger partial charge >= 0.3 is 0 Å². The SMILES string of the molecule is CN1CC[C@@H](C2(c3ccc(Cl)c(Cl)c3)CCC(O)CC2)C1. The highest BCUT2D eigenvalue weighted by Gasteiger charge is 2.45. The van der Waals surface area contributed by atoms with Gasteiger partial charge in [0.1, 0.15) is 0 Å². The van der Waals surface area contributed by atoms with E-state index in [9.17, 15) is 5.11 Å². The first-order valence-corrected chi connectivity index (χ1v) is 8.59. The Kier molecular flexibility index (Phi) is 4.52. The number of hydrogen-bond acceptors (Lipinski definition) is 2. The number of halogens is 2. The van der Waals surface area contributed by atoms with Gasteiger partial charge in [0.15, 0.2) is 0 Å². The van der Waals surface area contributed by atoms with Crippen molar-refractivity contribution in [1.29, 1.82) is 0 Å². The van der Waals surface area contributed by atoms with Crippen molar-refractivity contribution in [3.8, 4) is 0 Å². The Balaban J connectivity index is 1.97. The predicted molar refractivity (Wildman–Crippen MR) is 88.2 cm³/mol. The summed E-state index contributed by atoms with van der Waals surface area (Å²) in [6.07, 6.45) is 4.96. The van der Waals surface area contributed by atoms with E-state index in [1.165, 1.54) is 12.0 Å². The molecule has 4 heteroatoms. The van der Waals surface area contributed by atoms with E-state index in [4.69, 9.17) is 23.2 Å². The molecular formula is C17H23Cl2NO. The molecule has 0 bridgehead atoms. The monoisotopic (exact) mass is 327 g/mol. The highest BCUT2D eigenvalue weighted by Crippen LogP contribution is 2.49. The van der Waals surface area contributed by atoms with Crippen LogP contribution < -0.4 is 0 Å². The van der Waals surface area contributed by atoms with Crippen LogP contribution in [-0.4, -0.2) is 36.2 Å². The molecule has 0 amide bonds. The number of likely N-dealkylation sites (tertiary alicyclic amines) is 1. The van der Waals surface area contributed by atoms with Crippen molar-refractivity contribution >= 4 is 23.2 Å². The Bertz CT molecular complexity index is 512. The van der Waals surface area contributed by atoms with Gasteiger partial charge < -0.3 is 10.0 Å². The normalized spacial score (nSPS) is 34.3. The molecule has 0 unspecified atom stereocenters. The molecule has 1 aliphatic heterocycles. The molecule has 1 atom stereocenters. The Hall–Kier alpha value is -0.280. The minimum atomic E-state index is -0.139. The third-order valence-corrected chi connectivity index (χ3v) is 6.25. The lowest BCUT2D eigenvalue weighted by molar-refractivity contribution is 0.0725. The predicted octanol–water partition coefficient (Wildman–Crippen LogP) is 4.12. The number of aliphatic hydroxyl groups excluding tert-OH is 1. The molecule has 1 aromatic carbocycles. The third-order valence-electron chi connectivity index (χ3n) is 5.51. The Morgan fingerprint density at radius 1 is 1.14 bits per heavy atom. The number of nitrogens with zero attached hydrogens (tertiary/aromatic N) is 1. The maximum absolute atomic E-state index is 9.92. The van der Waals surface area contributed by atoms with Crippen molar-refractivity contribution in [3.63, 3.8) is 0 Å². The van der Waals surface area contributed by atoms with Crippen LogP contribution in [0.1, 0.15) is 37.7 Å². The molecule has 3 rings (SSSR count). The van der Waals surface area contributed by atoms with Gasteiger partial charge in [0.25, 0.3) is 0 Å². The van der Waals surface area contributed by atoms with Crippen LogP contribution in [0.2, 0.25) is 10.0 Å². The summed E-state index contributed by atoms with van der Waals surface area (Å²) in [4.78, 5) is 2.41. The minimum Gasteiger partial charge on any atom is -0.393 e. The molecule has 2 fully saturated rings. The van der Waals surface area contributed by atoms with E-state index in [2.05, 4.69) is 24.1 Å². The van der Waals surface area contributed by atoms with Crippen molar-refractivity contribution in [2.75, 3.05) is 20.1 Å². The van der Waals surface area contributed by atoms with Crippen LogP contribution in [0.3, 0.4) is 0 Å². The van der Waals surface area contributed by atoms with Crippen molar-refractivity contribution in [2.45, 2.75) is 43.6 Å². The molecule has 2 aliphatic rings. The second-order valence-corrected chi connectivity index (χ2v) is 7.58. The lowest BCUT2D eigenvalue weighted by Crippen LogP contribution is -2.41. The quantitative estimate of drug-likeness (QED) is 0.883. The Morgan fingerprint density at radius 2 is 1.86 bits per heavy atom. The van der Waals surface area contributed by atoms with Gasteiger partial charge in [-0.3, -0.25) is 0 Å². The summed E-state index contributed by atoms with van der Waals surface area (Å²) in [5.41, 5.74) is 1.46. The summed E-state index contributed by atoms with van der Waals surface area (Å²) < 4.78 is 0. The molecule has 116 valence electrons. The standard InChI is InChI=1S/C17H23Cl2NO/c1-20-9-6-13(11-20)17(7-4-14(21)5-8-17)12-2-3-15(18)16(19)10-12/h2-3,10,13-14,21H,4-9,11H2,1H3/t13-,14?,17?/m1/s1. The van der Waals surface area contributed by atoms with Crippen LogP contribution in [0.15, 0.2) is 18.2 Å². The van der Waals surface area contributed by atoms with E-state index in [0.29, 0.717) is 16.0 Å². The first-order valence-electron chi connectivity index (χ1n) is 7.83. The van der Waals surface area contributed by atoms with E-state index in [1.54, 1.807) is 0 Å². The third kappa shape index (κ3) is 2.96. The molecule has 1 N–H and O–H groups in total. The Labute approximate surface area is 137 Å². The smallest absolute Gasteiger partial charge is 0.0595 e. The summed E-state index contributed by atoms with van der Waals surface area (Å²) in [7, 11) is 2.19. The number of aliphatic hydroxyl groups is 1. The fraction of sp³-hybridized carbons (Fsp3) is 0.647. The average Bonchev–Trinajstić information content (AvgIpc) is 2.90. The summed E-state index contributed by atoms with van der Waals surface area (Å²) in [6.45, 7) is 2.30. The minimum absolute atomic E-state index is 0.139. The van der Waals surface area contributed by atoms with Crippen LogP contribution >= 0.6 is 23.2 Å². The van der Waals surface area contributed by atoms with E-state index >= 15 is 0 Å². The van der Waals surface area contributed by atoms with Crippen LogP contribution in [0.5, 0.6) is 0 Å². The second kappa shape index (κ2) is 6.08. The topological polar surface area (TPSA) is 23.5 Å². The average molecular weight is 328 g/mol. The number of benzene rings is 1. The van der Waals surface area contributed by atoms with E-state index < -0.39 is 0 Å². The Morgan fingerprint density at radius 3 is 2.43 bits per heavy atom. The van der Waals surface area contributed by atoms with Crippen molar-refractivity contribution in [1.82, 2.24) is 4.90 Å². The van der Waals surface area contributed by atoms with E-state index in [0.717, 1.165) is 38.8 Å². The molecule has 0 spiro atoms. The van der Waals surface area contributed by atoms with Gasteiger partial charge in [-0.1, -0.05) is 29.3 Å². The summed E-state index contributed by atoms with van der Waals surface area (Å²) in [5, 5.41) is 11.2. The zero-order chi connectivity index (χ0) is 15.0. The molecular weight excluding hydrogens is 305 g/mol. The molecule has 1 saturated heterocycles. The van der Waals surface area contributed by atoms with Gasteiger partial charge in [0.2, 0.25) is 0 Å². The molecule has 1 saturated carbocycles. The first-order chi connectivity index (χ1) is 10.0. The second-order valence-electron chi connectivity index (χ2n) is 6.76. The molecule has 0 aromatic heterocycles. The number of rotatable bonds is 2. The van der Waals surface area contributed by atoms with Crippen LogP contribution in [0, 0.1) is 5.92 Å². The van der Waals surface area contributed by atoms with Crippen molar-refractivity contribution in [3.05, 3.63) is 33.8 Å². The number of hydrogen-bond donors (Lipinski definition) is 1. The van der Waals surface area contributed by atoms with Gasteiger partial charge in [0, 0.05) is 6.54 Å². The largest absolute Gasteiger partial charge is 0.393 e. The van der Waals surface area contributed by atoms with Crippen molar-refractivity contribution in [2.24, 2.45) is 5.92 Å². The maximum atomic E-state index is 9.92. The molecule has 0 radical (unpaired) electrons. The maximum Gasteiger partial charge on any atom is 0.0595 e. The fourth-order valence-electron chi connectivity index (χ4n) is 4.24. The van der Waals surface area contributed by atoms with Crippen molar-refractivity contribution < 1.29 is 5.11 Å². The zero-order valence-corrected chi connectivity index (χ0v) is 14.0. The van der Waals surface area contributed by atoms with Gasteiger partial charge in [-0.15, -0.1) is 0 Å². The molecule has 1 aliphatic carbocycles. The first kappa shape index (κ1) is 15.6. The van der Waals surface area contributed by atoms with E-state index in [-0.39, 0.29) is 11.5 Å². The fourth-order valence-corrected chi connectivity index (χ4v) is 4.54. The van der Waals surface area contributed by atoms with E-state index in [1.807, 2.05) is 6.07 Å². The van der Waals surface area contributed by atoms with Crippen LogP contribution in [0.25, 0.3) is 0 Å². The molecule has 21 heavy (non-hydrogen) atoms. The highest BCUT2D eigenvalue weighted by atomic mass is 35.5. The van der Waals surface area contributed by atoms with Gasteiger partial charge in [0.05, 0.1) is 16.1 Å². The van der Waals surface area contributed by atoms with Crippen LogP contribution in [-0.2, 0) is 5.41 Å². The summed E-state index contributed by atoms with van der Waals surface area (Å²) >= 11 is 12.4. The molecule has 2 nitrogen and oxygen atoms in total.